The number of rotatable bonds is 7. The number of hydrogen-bond donors (Lipinski definition) is 1. The number of methoxy groups -OCH3 is 1. The number of nitrogens with two attached hydrogens (primary N) is 1. The second-order valence-electron chi connectivity index (χ2n) is 6.56. The summed E-state index contributed by atoms with van der Waals surface area (Å²) in [4.78, 5) is 4.57. The molecule has 1 atom stereocenters. The van der Waals surface area contributed by atoms with E-state index in [0.717, 1.165) is 19.3 Å². The van der Waals surface area contributed by atoms with Crippen molar-refractivity contribution in [3.05, 3.63) is 11.7 Å². The van der Waals surface area contributed by atoms with E-state index in [-0.39, 0.29) is 11.3 Å². The second-order valence-corrected chi connectivity index (χ2v) is 6.56. The first-order chi connectivity index (χ1) is 9.31. The lowest BCUT2D eigenvalue weighted by Crippen LogP contribution is -2.28. The Bertz CT molecular complexity index is 397. The van der Waals surface area contributed by atoms with E-state index in [2.05, 4.69) is 44.8 Å². The summed E-state index contributed by atoms with van der Waals surface area (Å²) in [7, 11) is 1.69. The molecule has 0 aliphatic heterocycles. The zero-order valence-electron chi connectivity index (χ0n) is 13.7. The quantitative estimate of drug-likeness (QED) is 0.831. The van der Waals surface area contributed by atoms with E-state index in [9.17, 15) is 0 Å². The van der Waals surface area contributed by atoms with Gasteiger partial charge in [0.15, 0.2) is 0 Å². The lowest BCUT2D eigenvalue weighted by molar-refractivity contribution is -0.0306. The molecule has 0 radical (unpaired) electrons. The van der Waals surface area contributed by atoms with Crippen molar-refractivity contribution in [2.45, 2.75) is 65.4 Å². The number of ether oxygens (including phenoxy) is 1. The second kappa shape index (κ2) is 6.68. The molecule has 0 fully saturated rings. The maximum absolute atomic E-state index is 5.87. The molecule has 2 N–H and O–H groups in total. The van der Waals surface area contributed by atoms with Gasteiger partial charge >= 0.3 is 0 Å². The van der Waals surface area contributed by atoms with Crippen LogP contribution >= 0.6 is 0 Å². The molecule has 1 aromatic heterocycles. The third-order valence-electron chi connectivity index (χ3n) is 3.87. The molecule has 0 aromatic carbocycles. The van der Waals surface area contributed by atoms with Gasteiger partial charge in [0.1, 0.15) is 5.60 Å². The van der Waals surface area contributed by atoms with E-state index in [0.29, 0.717) is 18.3 Å². The third-order valence-corrected chi connectivity index (χ3v) is 3.87. The van der Waals surface area contributed by atoms with Gasteiger partial charge in [-0.15, -0.1) is 0 Å². The highest BCUT2D eigenvalue weighted by molar-refractivity contribution is 5.04. The average Bonchev–Trinajstić information content (AvgIpc) is 2.88. The fourth-order valence-corrected chi connectivity index (χ4v) is 2.54. The normalized spacial score (nSPS) is 14.6. The molecule has 5 nitrogen and oxygen atoms in total. The van der Waals surface area contributed by atoms with Crippen LogP contribution in [-0.4, -0.2) is 23.8 Å². The van der Waals surface area contributed by atoms with Gasteiger partial charge in [-0.3, -0.25) is 0 Å². The molecule has 1 rings (SSSR count). The van der Waals surface area contributed by atoms with Crippen molar-refractivity contribution in [2.24, 2.45) is 11.1 Å². The van der Waals surface area contributed by atoms with Crippen molar-refractivity contribution in [3.8, 4) is 0 Å². The van der Waals surface area contributed by atoms with Gasteiger partial charge in [-0.05, 0) is 24.7 Å². The van der Waals surface area contributed by atoms with Crippen LogP contribution < -0.4 is 5.73 Å². The predicted molar refractivity (Wildman–Crippen MR) is 79.4 cm³/mol. The standard InChI is InChI=1S/C15H29N3O2/c1-7-15(8-2,19-6)13-17-12(20-18-13)11(10-16)9-14(3,4)5/h11H,7-10,16H2,1-6H3. The van der Waals surface area contributed by atoms with Gasteiger partial charge in [0.05, 0.1) is 5.92 Å². The summed E-state index contributed by atoms with van der Waals surface area (Å²) in [6, 6.07) is 0. The SMILES string of the molecule is CCC(CC)(OC)c1noc(C(CN)CC(C)(C)C)n1. The largest absolute Gasteiger partial charge is 0.370 e. The minimum Gasteiger partial charge on any atom is -0.370 e. The molecule has 0 spiro atoms. The molecular weight excluding hydrogens is 254 g/mol. The van der Waals surface area contributed by atoms with E-state index in [4.69, 9.17) is 15.0 Å². The minimum atomic E-state index is -0.456. The first kappa shape index (κ1) is 17.1. The molecule has 0 saturated carbocycles. The van der Waals surface area contributed by atoms with Gasteiger partial charge in [0.2, 0.25) is 11.7 Å². The van der Waals surface area contributed by atoms with Crippen molar-refractivity contribution in [3.63, 3.8) is 0 Å². The molecule has 5 heteroatoms. The lowest BCUT2D eigenvalue weighted by Gasteiger charge is -2.26. The summed E-state index contributed by atoms with van der Waals surface area (Å²) >= 11 is 0. The summed E-state index contributed by atoms with van der Waals surface area (Å²) in [6.07, 6.45) is 2.54. The van der Waals surface area contributed by atoms with Crippen molar-refractivity contribution in [2.75, 3.05) is 13.7 Å². The lowest BCUT2D eigenvalue weighted by atomic mass is 9.84. The summed E-state index contributed by atoms with van der Waals surface area (Å²) in [6.45, 7) is 11.2. The van der Waals surface area contributed by atoms with Crippen LogP contribution in [0.25, 0.3) is 0 Å². The molecule has 0 amide bonds. The average molecular weight is 283 g/mol. The molecule has 0 aliphatic carbocycles. The Morgan fingerprint density at radius 3 is 2.25 bits per heavy atom. The molecule has 0 aliphatic rings. The Hall–Kier alpha value is -0.940. The van der Waals surface area contributed by atoms with E-state index < -0.39 is 5.60 Å². The first-order valence-corrected chi connectivity index (χ1v) is 7.41. The van der Waals surface area contributed by atoms with Crippen LogP contribution in [0.4, 0.5) is 0 Å². The molecule has 0 saturated heterocycles. The van der Waals surface area contributed by atoms with Crippen molar-refractivity contribution in [1.29, 1.82) is 0 Å². The Balaban J connectivity index is 3.00. The highest BCUT2D eigenvalue weighted by Gasteiger charge is 2.35. The molecule has 1 unspecified atom stereocenters. The predicted octanol–water partition coefficient (Wildman–Crippen LogP) is 3.21. The van der Waals surface area contributed by atoms with Crippen molar-refractivity contribution >= 4 is 0 Å². The number of hydrogen-bond acceptors (Lipinski definition) is 5. The van der Waals surface area contributed by atoms with Crippen LogP contribution in [0.5, 0.6) is 0 Å². The van der Waals surface area contributed by atoms with Crippen LogP contribution in [0.15, 0.2) is 4.52 Å². The summed E-state index contributed by atoms with van der Waals surface area (Å²) in [5.74, 6) is 1.35. The Morgan fingerprint density at radius 2 is 1.85 bits per heavy atom. The highest BCUT2D eigenvalue weighted by Crippen LogP contribution is 2.33. The minimum absolute atomic E-state index is 0.0968. The Morgan fingerprint density at radius 1 is 1.25 bits per heavy atom. The van der Waals surface area contributed by atoms with E-state index >= 15 is 0 Å². The van der Waals surface area contributed by atoms with Gasteiger partial charge in [0, 0.05) is 13.7 Å². The smallest absolute Gasteiger partial charge is 0.231 e. The summed E-state index contributed by atoms with van der Waals surface area (Å²) in [5, 5.41) is 4.13. The molecular formula is C15H29N3O2. The van der Waals surface area contributed by atoms with E-state index in [1.165, 1.54) is 0 Å². The molecule has 1 aromatic rings. The number of aromatic nitrogens is 2. The van der Waals surface area contributed by atoms with Crippen molar-refractivity contribution in [1.82, 2.24) is 10.1 Å². The van der Waals surface area contributed by atoms with E-state index in [1.54, 1.807) is 7.11 Å². The Kier molecular flexibility index (Phi) is 5.71. The topological polar surface area (TPSA) is 74.2 Å². The van der Waals surface area contributed by atoms with Crippen molar-refractivity contribution < 1.29 is 9.26 Å². The van der Waals surface area contributed by atoms with Crippen LogP contribution in [0.2, 0.25) is 0 Å². The van der Waals surface area contributed by atoms with E-state index in [1.807, 2.05) is 0 Å². The van der Waals surface area contributed by atoms with Crippen LogP contribution in [-0.2, 0) is 10.3 Å². The molecule has 1 heterocycles. The van der Waals surface area contributed by atoms with Gasteiger partial charge in [0.25, 0.3) is 0 Å². The zero-order valence-corrected chi connectivity index (χ0v) is 13.7. The third kappa shape index (κ3) is 3.79. The van der Waals surface area contributed by atoms with Gasteiger partial charge in [-0.1, -0.05) is 39.8 Å². The molecule has 116 valence electrons. The monoisotopic (exact) mass is 283 g/mol. The van der Waals surface area contributed by atoms with Crippen LogP contribution in [0, 0.1) is 5.41 Å². The zero-order chi connectivity index (χ0) is 15.4. The molecule has 0 bridgehead atoms. The number of nitrogens with zero attached hydrogens (tertiary/aromatic N) is 2. The fraction of sp³-hybridized carbons (Fsp3) is 0.867. The fourth-order valence-electron chi connectivity index (χ4n) is 2.54. The maximum atomic E-state index is 5.87. The van der Waals surface area contributed by atoms with Gasteiger partial charge < -0.3 is 15.0 Å². The summed E-state index contributed by atoms with van der Waals surface area (Å²) in [5.41, 5.74) is 5.59. The molecule has 20 heavy (non-hydrogen) atoms. The highest BCUT2D eigenvalue weighted by atomic mass is 16.5. The maximum Gasteiger partial charge on any atom is 0.231 e. The first-order valence-electron chi connectivity index (χ1n) is 7.41. The van der Waals surface area contributed by atoms with Crippen LogP contribution in [0.3, 0.4) is 0 Å². The Labute approximate surface area is 122 Å². The van der Waals surface area contributed by atoms with Crippen LogP contribution in [0.1, 0.15) is 71.5 Å². The van der Waals surface area contributed by atoms with Gasteiger partial charge in [-0.2, -0.15) is 4.98 Å². The van der Waals surface area contributed by atoms with Gasteiger partial charge in [-0.25, -0.2) is 0 Å². The summed E-state index contributed by atoms with van der Waals surface area (Å²) < 4.78 is 11.1.